The maximum Gasteiger partial charge on any atom is 0.195 e. The van der Waals surface area contributed by atoms with Crippen LogP contribution in [0.5, 0.6) is 17.2 Å². The molecule has 5 nitrogen and oxygen atoms in total. The Balaban J connectivity index is 1.86. The van der Waals surface area contributed by atoms with Gasteiger partial charge in [-0.3, -0.25) is 4.57 Å². The highest BCUT2D eigenvalue weighted by Crippen LogP contribution is 2.27. The molecule has 0 fully saturated rings. The van der Waals surface area contributed by atoms with Gasteiger partial charge in [-0.05, 0) is 78.4 Å². The lowest BCUT2D eigenvalue weighted by Crippen LogP contribution is -2.13. The Kier molecular flexibility index (Phi) is 5.86. The lowest BCUT2D eigenvalue weighted by Gasteiger charge is -2.11. The summed E-state index contributed by atoms with van der Waals surface area (Å²) in [6.07, 6.45) is 0. The summed E-state index contributed by atoms with van der Waals surface area (Å²) in [6, 6.07) is 23.7. The van der Waals surface area contributed by atoms with E-state index in [9.17, 15) is 0 Å². The summed E-state index contributed by atoms with van der Waals surface area (Å²) in [4.78, 5) is 5.76. The van der Waals surface area contributed by atoms with Crippen LogP contribution in [0.2, 0.25) is 0 Å². The van der Waals surface area contributed by atoms with Crippen molar-refractivity contribution in [3.8, 4) is 34.2 Å². The molecular weight excluding hydrogens is 396 g/mol. The van der Waals surface area contributed by atoms with Gasteiger partial charge in [-0.2, -0.15) is 0 Å². The summed E-state index contributed by atoms with van der Waals surface area (Å²) in [5.74, 6) is 2.45. The number of benzene rings is 3. The standard InChI is InChI=1S/C24H22N2O3S/c1-27-20-10-4-17(5-11-20)23-16-30-24(25-18-6-12-21(28-2)13-7-18)26(23)19-8-14-22(29-3)15-9-19/h4-16H,1-3H3. The molecule has 3 aromatic carbocycles. The second-order valence-corrected chi connectivity index (χ2v) is 7.31. The lowest BCUT2D eigenvalue weighted by atomic mass is 10.1. The zero-order valence-electron chi connectivity index (χ0n) is 17.0. The Morgan fingerprint density at radius 3 is 1.70 bits per heavy atom. The molecule has 0 aliphatic heterocycles. The van der Waals surface area contributed by atoms with E-state index in [4.69, 9.17) is 19.2 Å². The average Bonchev–Trinajstić information content (AvgIpc) is 3.23. The number of hydrogen-bond donors (Lipinski definition) is 0. The number of thiazole rings is 1. The van der Waals surface area contributed by atoms with Crippen molar-refractivity contribution in [3.05, 3.63) is 83.0 Å². The van der Waals surface area contributed by atoms with Gasteiger partial charge in [0.15, 0.2) is 4.80 Å². The van der Waals surface area contributed by atoms with Crippen molar-refractivity contribution >= 4 is 17.0 Å². The molecule has 1 heterocycles. The predicted molar refractivity (Wildman–Crippen MR) is 120 cm³/mol. The van der Waals surface area contributed by atoms with Gasteiger partial charge in [-0.1, -0.05) is 0 Å². The van der Waals surface area contributed by atoms with Crippen LogP contribution in [0.3, 0.4) is 0 Å². The molecule has 30 heavy (non-hydrogen) atoms. The van der Waals surface area contributed by atoms with Crippen LogP contribution in [0.1, 0.15) is 0 Å². The largest absolute Gasteiger partial charge is 0.497 e. The van der Waals surface area contributed by atoms with Crippen molar-refractivity contribution in [2.24, 2.45) is 4.99 Å². The second-order valence-electron chi connectivity index (χ2n) is 6.48. The molecule has 0 atom stereocenters. The number of aromatic nitrogens is 1. The quantitative estimate of drug-likeness (QED) is 0.417. The molecule has 6 heteroatoms. The molecule has 0 N–H and O–H groups in total. The average molecular weight is 419 g/mol. The van der Waals surface area contributed by atoms with Gasteiger partial charge < -0.3 is 14.2 Å². The van der Waals surface area contributed by atoms with E-state index in [0.29, 0.717) is 0 Å². The van der Waals surface area contributed by atoms with E-state index in [0.717, 1.165) is 44.7 Å². The fraction of sp³-hybridized carbons (Fsp3) is 0.125. The predicted octanol–water partition coefficient (Wildman–Crippen LogP) is 5.46. The van der Waals surface area contributed by atoms with Crippen molar-refractivity contribution in [1.82, 2.24) is 4.57 Å². The first-order valence-corrected chi connectivity index (χ1v) is 10.3. The van der Waals surface area contributed by atoms with E-state index >= 15 is 0 Å². The Morgan fingerprint density at radius 2 is 1.17 bits per heavy atom. The van der Waals surface area contributed by atoms with Gasteiger partial charge in [-0.25, -0.2) is 4.99 Å². The smallest absolute Gasteiger partial charge is 0.195 e. The lowest BCUT2D eigenvalue weighted by molar-refractivity contribution is 0.414. The Bertz CT molecular complexity index is 1180. The Labute approximate surface area is 179 Å². The molecule has 0 bridgehead atoms. The minimum Gasteiger partial charge on any atom is -0.497 e. The molecule has 0 spiro atoms. The summed E-state index contributed by atoms with van der Waals surface area (Å²) in [6.45, 7) is 0. The van der Waals surface area contributed by atoms with Gasteiger partial charge in [0, 0.05) is 11.1 Å². The highest BCUT2D eigenvalue weighted by molar-refractivity contribution is 7.07. The third-order valence-electron chi connectivity index (χ3n) is 4.72. The minimum atomic E-state index is 0.807. The first-order valence-electron chi connectivity index (χ1n) is 9.40. The first kappa shape index (κ1) is 19.8. The topological polar surface area (TPSA) is 45.0 Å². The molecule has 4 aromatic rings. The van der Waals surface area contributed by atoms with Gasteiger partial charge in [-0.15, -0.1) is 11.3 Å². The van der Waals surface area contributed by atoms with Crippen molar-refractivity contribution < 1.29 is 14.2 Å². The zero-order valence-corrected chi connectivity index (χ0v) is 17.8. The van der Waals surface area contributed by atoms with Crippen LogP contribution in [-0.2, 0) is 0 Å². The van der Waals surface area contributed by atoms with E-state index in [1.54, 1.807) is 32.7 Å². The van der Waals surface area contributed by atoms with Crippen molar-refractivity contribution in [1.29, 1.82) is 0 Å². The number of nitrogens with zero attached hydrogens (tertiary/aromatic N) is 2. The fourth-order valence-corrected chi connectivity index (χ4v) is 4.03. The van der Waals surface area contributed by atoms with Crippen molar-refractivity contribution in [2.75, 3.05) is 21.3 Å². The van der Waals surface area contributed by atoms with Crippen molar-refractivity contribution in [3.63, 3.8) is 0 Å². The highest BCUT2D eigenvalue weighted by atomic mass is 32.1. The SMILES string of the molecule is COc1ccc(N=c2scc(-c3ccc(OC)cc3)n2-c2ccc(OC)cc2)cc1. The molecule has 4 rings (SSSR count). The van der Waals surface area contributed by atoms with Gasteiger partial charge >= 0.3 is 0 Å². The fourth-order valence-electron chi connectivity index (χ4n) is 3.10. The molecular formula is C24H22N2O3S. The number of methoxy groups -OCH3 is 3. The van der Waals surface area contributed by atoms with Gasteiger partial charge in [0.05, 0.1) is 32.7 Å². The van der Waals surface area contributed by atoms with Crippen LogP contribution in [0.15, 0.2) is 83.2 Å². The maximum absolute atomic E-state index is 5.32. The normalized spacial score (nSPS) is 11.4. The Morgan fingerprint density at radius 1 is 0.667 bits per heavy atom. The number of rotatable bonds is 6. The maximum atomic E-state index is 5.32. The van der Waals surface area contributed by atoms with Crippen LogP contribution in [0, 0.1) is 0 Å². The number of hydrogen-bond acceptors (Lipinski definition) is 5. The van der Waals surface area contributed by atoms with Crippen LogP contribution >= 0.6 is 11.3 Å². The van der Waals surface area contributed by atoms with Gasteiger partial charge in [0.25, 0.3) is 0 Å². The first-order chi connectivity index (χ1) is 14.7. The summed E-state index contributed by atoms with van der Waals surface area (Å²) in [5, 5.41) is 2.12. The second kappa shape index (κ2) is 8.88. The molecule has 1 aromatic heterocycles. The van der Waals surface area contributed by atoms with Gasteiger partial charge in [0.2, 0.25) is 0 Å². The highest BCUT2D eigenvalue weighted by Gasteiger charge is 2.11. The summed E-state index contributed by atoms with van der Waals surface area (Å²) in [5.41, 5.74) is 4.01. The van der Waals surface area contributed by atoms with E-state index in [1.807, 2.05) is 60.7 Å². The molecule has 0 radical (unpaired) electrons. The monoisotopic (exact) mass is 418 g/mol. The van der Waals surface area contributed by atoms with Gasteiger partial charge in [0.1, 0.15) is 17.2 Å². The van der Waals surface area contributed by atoms with Crippen LogP contribution in [-0.4, -0.2) is 25.9 Å². The third kappa shape index (κ3) is 4.09. The molecule has 0 amide bonds. The minimum absolute atomic E-state index is 0.807. The van der Waals surface area contributed by atoms with Crippen LogP contribution in [0.4, 0.5) is 5.69 Å². The van der Waals surface area contributed by atoms with E-state index in [2.05, 4.69) is 22.1 Å². The zero-order chi connectivity index (χ0) is 20.9. The molecule has 0 saturated heterocycles. The molecule has 0 unspecified atom stereocenters. The van der Waals surface area contributed by atoms with E-state index in [-0.39, 0.29) is 0 Å². The summed E-state index contributed by atoms with van der Waals surface area (Å²) < 4.78 is 18.0. The summed E-state index contributed by atoms with van der Waals surface area (Å²) in [7, 11) is 4.99. The van der Waals surface area contributed by atoms with E-state index in [1.165, 1.54) is 0 Å². The molecule has 0 aliphatic rings. The third-order valence-corrected chi connectivity index (χ3v) is 5.55. The molecule has 0 aliphatic carbocycles. The Hall–Kier alpha value is -3.51. The summed E-state index contributed by atoms with van der Waals surface area (Å²) >= 11 is 1.59. The van der Waals surface area contributed by atoms with E-state index < -0.39 is 0 Å². The number of ether oxygens (including phenoxy) is 3. The van der Waals surface area contributed by atoms with Crippen LogP contribution < -0.4 is 19.0 Å². The van der Waals surface area contributed by atoms with Crippen LogP contribution in [0.25, 0.3) is 16.9 Å². The molecule has 152 valence electrons. The van der Waals surface area contributed by atoms with Crippen molar-refractivity contribution in [2.45, 2.75) is 0 Å². The molecule has 0 saturated carbocycles.